The maximum Gasteiger partial charge on any atom is 0.0342 e. The predicted octanol–water partition coefficient (Wildman–Crippen LogP) is 3.80. The number of nitrogens with one attached hydrogen (secondary N) is 1. The molecule has 0 fully saturated rings. The average Bonchev–Trinajstić information content (AvgIpc) is 2.26. The number of hydrogen-bond donors (Lipinski definition) is 1. The predicted molar refractivity (Wildman–Crippen MR) is 63.8 cm³/mol. The number of anilines is 1. The van der Waals surface area contributed by atoms with Crippen LogP contribution >= 0.6 is 0 Å². The molecule has 0 saturated carbocycles. The summed E-state index contributed by atoms with van der Waals surface area (Å²) in [5, 5.41) is 3.26. The molecule has 0 saturated heterocycles. The van der Waals surface area contributed by atoms with Gasteiger partial charge < -0.3 is 5.32 Å². The van der Waals surface area contributed by atoms with Crippen molar-refractivity contribution in [1.82, 2.24) is 0 Å². The van der Waals surface area contributed by atoms with Crippen molar-refractivity contribution in [3.8, 4) is 0 Å². The molecule has 0 aliphatic heterocycles. The number of rotatable bonds is 5. The standard InChI is InChI=1S/C13H19N/c1-4-10-14-13-8-6-12(7-9-13)11(3)5-2/h4,6-9,11,14H,1,5,10H2,2-3H3. The van der Waals surface area contributed by atoms with Gasteiger partial charge in [0, 0.05) is 12.2 Å². The highest BCUT2D eigenvalue weighted by Crippen LogP contribution is 2.20. The Morgan fingerprint density at radius 1 is 1.36 bits per heavy atom. The highest BCUT2D eigenvalue weighted by atomic mass is 14.8. The van der Waals surface area contributed by atoms with Crippen LogP contribution in [0.2, 0.25) is 0 Å². The topological polar surface area (TPSA) is 12.0 Å². The van der Waals surface area contributed by atoms with Gasteiger partial charge in [0.15, 0.2) is 0 Å². The lowest BCUT2D eigenvalue weighted by molar-refractivity contribution is 0.734. The van der Waals surface area contributed by atoms with Crippen molar-refractivity contribution < 1.29 is 0 Å². The first-order valence-electron chi connectivity index (χ1n) is 5.22. The highest BCUT2D eigenvalue weighted by molar-refractivity contribution is 5.45. The summed E-state index contributed by atoms with van der Waals surface area (Å²) in [7, 11) is 0. The quantitative estimate of drug-likeness (QED) is 0.695. The average molecular weight is 189 g/mol. The van der Waals surface area contributed by atoms with Crippen LogP contribution in [-0.2, 0) is 0 Å². The van der Waals surface area contributed by atoms with E-state index in [1.807, 2.05) is 6.08 Å². The van der Waals surface area contributed by atoms with E-state index in [9.17, 15) is 0 Å². The van der Waals surface area contributed by atoms with E-state index in [-0.39, 0.29) is 0 Å². The summed E-state index contributed by atoms with van der Waals surface area (Å²) in [6.45, 7) is 8.97. The second-order valence-corrected chi connectivity index (χ2v) is 3.60. The minimum atomic E-state index is 0.656. The van der Waals surface area contributed by atoms with Gasteiger partial charge in [0.25, 0.3) is 0 Å². The van der Waals surface area contributed by atoms with E-state index < -0.39 is 0 Å². The molecule has 1 rings (SSSR count). The van der Waals surface area contributed by atoms with Gasteiger partial charge in [-0.05, 0) is 30.0 Å². The van der Waals surface area contributed by atoms with Crippen molar-refractivity contribution in [2.75, 3.05) is 11.9 Å². The molecule has 0 aliphatic carbocycles. The SMILES string of the molecule is C=CCNc1ccc(C(C)CC)cc1. The molecule has 14 heavy (non-hydrogen) atoms. The van der Waals surface area contributed by atoms with Crippen LogP contribution in [-0.4, -0.2) is 6.54 Å². The van der Waals surface area contributed by atoms with Gasteiger partial charge in [-0.1, -0.05) is 32.1 Å². The molecule has 76 valence electrons. The van der Waals surface area contributed by atoms with Gasteiger partial charge in [0.05, 0.1) is 0 Å². The summed E-state index contributed by atoms with van der Waals surface area (Å²) < 4.78 is 0. The Morgan fingerprint density at radius 2 is 2.00 bits per heavy atom. The van der Waals surface area contributed by atoms with Gasteiger partial charge in [0.2, 0.25) is 0 Å². The van der Waals surface area contributed by atoms with E-state index >= 15 is 0 Å². The van der Waals surface area contributed by atoms with Gasteiger partial charge in [-0.15, -0.1) is 6.58 Å². The Hall–Kier alpha value is -1.24. The van der Waals surface area contributed by atoms with Crippen molar-refractivity contribution in [2.45, 2.75) is 26.2 Å². The van der Waals surface area contributed by atoms with Crippen molar-refractivity contribution >= 4 is 5.69 Å². The molecule has 0 aromatic heterocycles. The molecule has 1 atom stereocenters. The molecule has 0 heterocycles. The van der Waals surface area contributed by atoms with Crippen LogP contribution in [0.15, 0.2) is 36.9 Å². The van der Waals surface area contributed by atoms with Gasteiger partial charge in [-0.2, -0.15) is 0 Å². The maximum absolute atomic E-state index is 3.67. The molecule has 1 nitrogen and oxygen atoms in total. The van der Waals surface area contributed by atoms with E-state index in [2.05, 4.69) is 50.0 Å². The van der Waals surface area contributed by atoms with E-state index in [1.54, 1.807) is 0 Å². The highest BCUT2D eigenvalue weighted by Gasteiger charge is 2.01. The van der Waals surface area contributed by atoms with E-state index in [4.69, 9.17) is 0 Å². The lowest BCUT2D eigenvalue weighted by Gasteiger charge is -2.10. The summed E-state index contributed by atoms with van der Waals surface area (Å²) in [4.78, 5) is 0. The monoisotopic (exact) mass is 189 g/mol. The summed E-state index contributed by atoms with van der Waals surface area (Å²) in [5.41, 5.74) is 2.58. The summed E-state index contributed by atoms with van der Waals surface area (Å²) in [6.07, 6.45) is 3.06. The van der Waals surface area contributed by atoms with Crippen molar-refractivity contribution in [3.63, 3.8) is 0 Å². The molecular weight excluding hydrogens is 170 g/mol. The van der Waals surface area contributed by atoms with Crippen LogP contribution < -0.4 is 5.32 Å². The summed E-state index contributed by atoms with van der Waals surface area (Å²) in [6, 6.07) is 8.65. The molecule has 1 N–H and O–H groups in total. The second-order valence-electron chi connectivity index (χ2n) is 3.60. The molecule has 1 aromatic carbocycles. The minimum absolute atomic E-state index is 0.656. The lowest BCUT2D eigenvalue weighted by atomic mass is 9.99. The fraction of sp³-hybridized carbons (Fsp3) is 0.385. The third-order valence-electron chi connectivity index (χ3n) is 2.54. The van der Waals surface area contributed by atoms with Gasteiger partial charge in [0.1, 0.15) is 0 Å². The Kier molecular flexibility index (Phi) is 4.24. The third kappa shape index (κ3) is 2.91. The van der Waals surface area contributed by atoms with Crippen LogP contribution in [0.5, 0.6) is 0 Å². The fourth-order valence-corrected chi connectivity index (χ4v) is 1.36. The molecule has 1 aromatic rings. The normalized spacial score (nSPS) is 12.1. The van der Waals surface area contributed by atoms with Crippen LogP contribution in [0.3, 0.4) is 0 Å². The zero-order chi connectivity index (χ0) is 10.4. The van der Waals surface area contributed by atoms with E-state index in [0.29, 0.717) is 5.92 Å². The number of benzene rings is 1. The largest absolute Gasteiger partial charge is 0.382 e. The molecular formula is C13H19N. The fourth-order valence-electron chi connectivity index (χ4n) is 1.36. The van der Waals surface area contributed by atoms with Crippen LogP contribution in [0, 0.1) is 0 Å². The zero-order valence-corrected chi connectivity index (χ0v) is 9.09. The van der Waals surface area contributed by atoms with Crippen LogP contribution in [0.4, 0.5) is 5.69 Å². The first-order valence-corrected chi connectivity index (χ1v) is 5.22. The molecule has 0 aliphatic rings. The Balaban J connectivity index is 2.63. The molecule has 1 heteroatoms. The lowest BCUT2D eigenvalue weighted by Crippen LogP contribution is -1.98. The van der Waals surface area contributed by atoms with Gasteiger partial charge in [-0.3, -0.25) is 0 Å². The summed E-state index contributed by atoms with van der Waals surface area (Å²) >= 11 is 0. The Morgan fingerprint density at radius 3 is 2.50 bits per heavy atom. The Labute approximate surface area is 86.8 Å². The van der Waals surface area contributed by atoms with E-state index in [1.165, 1.54) is 12.0 Å². The molecule has 0 amide bonds. The van der Waals surface area contributed by atoms with Gasteiger partial charge in [-0.25, -0.2) is 0 Å². The smallest absolute Gasteiger partial charge is 0.0342 e. The Bertz CT molecular complexity index is 274. The maximum atomic E-state index is 3.67. The molecule has 0 radical (unpaired) electrons. The molecule has 1 unspecified atom stereocenters. The van der Waals surface area contributed by atoms with Crippen LogP contribution in [0.25, 0.3) is 0 Å². The minimum Gasteiger partial charge on any atom is -0.382 e. The van der Waals surface area contributed by atoms with Crippen molar-refractivity contribution in [3.05, 3.63) is 42.5 Å². The van der Waals surface area contributed by atoms with Crippen molar-refractivity contribution in [1.29, 1.82) is 0 Å². The first kappa shape index (κ1) is 10.8. The third-order valence-corrected chi connectivity index (χ3v) is 2.54. The molecule has 0 bridgehead atoms. The van der Waals surface area contributed by atoms with E-state index in [0.717, 1.165) is 12.2 Å². The summed E-state index contributed by atoms with van der Waals surface area (Å²) in [5.74, 6) is 0.656. The first-order chi connectivity index (χ1) is 6.77. The molecule has 0 spiro atoms. The van der Waals surface area contributed by atoms with Crippen molar-refractivity contribution in [2.24, 2.45) is 0 Å². The van der Waals surface area contributed by atoms with Gasteiger partial charge >= 0.3 is 0 Å². The number of hydrogen-bond acceptors (Lipinski definition) is 1. The second kappa shape index (κ2) is 5.48. The van der Waals surface area contributed by atoms with Crippen LogP contribution in [0.1, 0.15) is 31.7 Å². The zero-order valence-electron chi connectivity index (χ0n) is 9.09.